The summed E-state index contributed by atoms with van der Waals surface area (Å²) in [5.41, 5.74) is 0.978. The molecule has 2 aromatic carbocycles. The van der Waals surface area contributed by atoms with Gasteiger partial charge in [0.1, 0.15) is 17.3 Å². The number of benzene rings is 2. The van der Waals surface area contributed by atoms with Crippen molar-refractivity contribution in [3.8, 4) is 17.2 Å². The first kappa shape index (κ1) is 16.7. The predicted octanol–water partition coefficient (Wildman–Crippen LogP) is 4.12. The number of nitrogens with one attached hydrogen (secondary N) is 1. The van der Waals surface area contributed by atoms with Crippen LogP contribution in [0.3, 0.4) is 0 Å². The molecule has 0 saturated heterocycles. The first-order valence-corrected chi connectivity index (χ1v) is 7.85. The van der Waals surface area contributed by atoms with E-state index in [0.717, 1.165) is 0 Å². The third-order valence-corrected chi connectivity index (χ3v) is 3.58. The minimum absolute atomic E-state index is 0.234. The molecule has 0 saturated carbocycles. The van der Waals surface area contributed by atoms with Crippen molar-refractivity contribution in [1.29, 1.82) is 0 Å². The second-order valence-corrected chi connectivity index (χ2v) is 5.38. The summed E-state index contributed by atoms with van der Waals surface area (Å²) in [5, 5.41) is 2.65. The number of para-hydroxylation sites is 1. The number of hydrogen-bond donors (Lipinski definition) is 1. The zero-order chi connectivity index (χ0) is 17.6. The number of carbonyl (C=O) groups is 1. The Balaban J connectivity index is 1.57. The molecule has 6 heteroatoms. The molecule has 0 aliphatic heterocycles. The molecule has 1 amide bonds. The van der Waals surface area contributed by atoms with Crippen LogP contribution in [-0.2, 0) is 6.42 Å². The second kappa shape index (κ2) is 7.61. The molecule has 25 heavy (non-hydrogen) atoms. The normalized spacial score (nSPS) is 10.5. The molecule has 0 bridgehead atoms. The van der Waals surface area contributed by atoms with E-state index in [4.69, 9.17) is 9.15 Å². The van der Waals surface area contributed by atoms with Gasteiger partial charge in [-0.2, -0.15) is 0 Å². The molecule has 0 radical (unpaired) electrons. The van der Waals surface area contributed by atoms with Gasteiger partial charge in [0.25, 0.3) is 0 Å². The van der Waals surface area contributed by atoms with Crippen LogP contribution >= 0.6 is 0 Å². The molecular formula is C19H17FN2O3. The van der Waals surface area contributed by atoms with Gasteiger partial charge in [-0.15, -0.1) is 0 Å². The Hall–Kier alpha value is -3.15. The lowest BCUT2D eigenvalue weighted by atomic mass is 10.2. The van der Waals surface area contributed by atoms with Crippen LogP contribution in [0.1, 0.15) is 11.5 Å². The summed E-state index contributed by atoms with van der Waals surface area (Å²) < 4.78 is 24.5. The van der Waals surface area contributed by atoms with E-state index < -0.39 is 6.09 Å². The van der Waals surface area contributed by atoms with E-state index in [0.29, 0.717) is 35.7 Å². The number of carbonyl (C=O) groups excluding carboxylic acids is 1. The summed E-state index contributed by atoms with van der Waals surface area (Å²) in [4.78, 5) is 16.1. The summed E-state index contributed by atoms with van der Waals surface area (Å²) in [6.07, 6.45) is -0.0881. The average Bonchev–Trinajstić information content (AvgIpc) is 2.97. The fourth-order valence-electron chi connectivity index (χ4n) is 2.32. The largest absolute Gasteiger partial charge is 0.441 e. The number of oxazole rings is 1. The molecule has 5 nitrogen and oxygen atoms in total. The lowest BCUT2D eigenvalue weighted by molar-refractivity contribution is 0.200. The summed E-state index contributed by atoms with van der Waals surface area (Å²) >= 11 is 0. The van der Waals surface area contributed by atoms with E-state index in [2.05, 4.69) is 10.3 Å². The van der Waals surface area contributed by atoms with Crippen molar-refractivity contribution in [1.82, 2.24) is 10.3 Å². The van der Waals surface area contributed by atoms with Crippen LogP contribution in [0, 0.1) is 12.7 Å². The highest BCUT2D eigenvalue weighted by Crippen LogP contribution is 2.24. The molecule has 1 aromatic heterocycles. The number of amides is 1. The van der Waals surface area contributed by atoms with Crippen LogP contribution in [0.4, 0.5) is 9.18 Å². The van der Waals surface area contributed by atoms with E-state index in [1.807, 2.05) is 6.07 Å². The van der Waals surface area contributed by atoms with Crippen molar-refractivity contribution < 1.29 is 18.3 Å². The van der Waals surface area contributed by atoms with Gasteiger partial charge in [0.15, 0.2) is 0 Å². The van der Waals surface area contributed by atoms with Crippen LogP contribution in [0.2, 0.25) is 0 Å². The molecule has 1 heterocycles. The number of halogens is 1. The van der Waals surface area contributed by atoms with Gasteiger partial charge in [-0.3, -0.25) is 0 Å². The number of aryl methyl sites for hydroxylation is 1. The maximum atomic E-state index is 13.8. The fraction of sp³-hybridized carbons (Fsp3) is 0.158. The summed E-state index contributed by atoms with van der Waals surface area (Å²) in [6.45, 7) is 2.09. The van der Waals surface area contributed by atoms with Gasteiger partial charge in [-0.1, -0.05) is 30.3 Å². The fourth-order valence-corrected chi connectivity index (χ4v) is 2.32. The lowest BCUT2D eigenvalue weighted by Gasteiger charge is -2.05. The molecule has 1 N–H and O–H groups in total. The summed E-state index contributed by atoms with van der Waals surface area (Å²) in [7, 11) is 0. The molecule has 3 rings (SSSR count). The van der Waals surface area contributed by atoms with Crippen LogP contribution in [-0.4, -0.2) is 17.6 Å². The number of nitrogens with zero attached hydrogens (tertiary/aromatic N) is 1. The Labute approximate surface area is 144 Å². The van der Waals surface area contributed by atoms with Crippen molar-refractivity contribution in [3.05, 3.63) is 71.9 Å². The Morgan fingerprint density at radius 1 is 1.16 bits per heavy atom. The van der Waals surface area contributed by atoms with Crippen molar-refractivity contribution in [2.75, 3.05) is 6.54 Å². The molecule has 0 fully saturated rings. The van der Waals surface area contributed by atoms with Crippen molar-refractivity contribution in [3.63, 3.8) is 0 Å². The first-order valence-electron chi connectivity index (χ1n) is 7.85. The zero-order valence-corrected chi connectivity index (χ0v) is 13.7. The van der Waals surface area contributed by atoms with E-state index in [1.54, 1.807) is 49.4 Å². The summed E-state index contributed by atoms with van der Waals surface area (Å²) in [5.74, 6) is 0.910. The molecule has 0 aliphatic rings. The first-order chi connectivity index (χ1) is 12.1. The second-order valence-electron chi connectivity index (χ2n) is 5.38. The summed E-state index contributed by atoms with van der Waals surface area (Å²) in [6, 6.07) is 15.1. The quantitative estimate of drug-likeness (QED) is 0.759. The Kier molecular flexibility index (Phi) is 5.09. The van der Waals surface area contributed by atoms with Gasteiger partial charge in [0.2, 0.25) is 5.89 Å². The highest BCUT2D eigenvalue weighted by Gasteiger charge is 2.14. The molecule has 3 aromatic rings. The number of rotatable bonds is 5. The van der Waals surface area contributed by atoms with Crippen LogP contribution in [0.25, 0.3) is 11.5 Å². The predicted molar refractivity (Wildman–Crippen MR) is 90.8 cm³/mol. The van der Waals surface area contributed by atoms with Gasteiger partial charge in [-0.05, 0) is 31.2 Å². The average molecular weight is 340 g/mol. The Morgan fingerprint density at radius 2 is 1.88 bits per heavy atom. The maximum absolute atomic E-state index is 13.8. The monoisotopic (exact) mass is 340 g/mol. The molecule has 0 atom stereocenters. The highest BCUT2D eigenvalue weighted by molar-refractivity contribution is 5.70. The van der Waals surface area contributed by atoms with Gasteiger partial charge in [-0.25, -0.2) is 14.2 Å². The molecule has 128 valence electrons. The molecule has 0 aliphatic carbocycles. The lowest BCUT2D eigenvalue weighted by Crippen LogP contribution is -2.28. The van der Waals surface area contributed by atoms with Crippen molar-refractivity contribution >= 4 is 6.09 Å². The smallest absolute Gasteiger partial charge is 0.412 e. The van der Waals surface area contributed by atoms with Gasteiger partial charge < -0.3 is 14.5 Å². The van der Waals surface area contributed by atoms with Crippen LogP contribution < -0.4 is 10.1 Å². The highest BCUT2D eigenvalue weighted by atomic mass is 19.1. The maximum Gasteiger partial charge on any atom is 0.412 e. The zero-order valence-electron chi connectivity index (χ0n) is 13.7. The topological polar surface area (TPSA) is 64.4 Å². The molecule has 0 spiro atoms. The van der Waals surface area contributed by atoms with E-state index >= 15 is 0 Å². The minimum Gasteiger partial charge on any atom is -0.441 e. The Morgan fingerprint density at radius 3 is 2.64 bits per heavy atom. The van der Waals surface area contributed by atoms with E-state index in [1.165, 1.54) is 6.07 Å². The van der Waals surface area contributed by atoms with Gasteiger partial charge in [0.05, 0.1) is 11.3 Å². The van der Waals surface area contributed by atoms with Crippen LogP contribution in [0.15, 0.2) is 59.0 Å². The number of aromatic nitrogens is 1. The van der Waals surface area contributed by atoms with Crippen molar-refractivity contribution in [2.45, 2.75) is 13.3 Å². The third-order valence-electron chi connectivity index (χ3n) is 3.58. The molecule has 0 unspecified atom stereocenters. The van der Waals surface area contributed by atoms with Gasteiger partial charge >= 0.3 is 6.09 Å². The van der Waals surface area contributed by atoms with Crippen LogP contribution in [0.5, 0.6) is 5.75 Å². The van der Waals surface area contributed by atoms with Crippen molar-refractivity contribution in [2.24, 2.45) is 0 Å². The number of ether oxygens (including phenoxy) is 1. The standard InChI is InChI=1S/C19H17FN2O3/c1-13-17(22-18(24-13)15-9-5-6-10-16(15)20)11-12-21-19(23)25-14-7-3-2-4-8-14/h2-10H,11-12H2,1H3,(H,21,23). The minimum atomic E-state index is -0.540. The number of hydrogen-bond acceptors (Lipinski definition) is 4. The SMILES string of the molecule is Cc1oc(-c2ccccc2F)nc1CCNC(=O)Oc1ccccc1. The molecular weight excluding hydrogens is 323 g/mol. The van der Waals surface area contributed by atoms with E-state index in [9.17, 15) is 9.18 Å². The Bertz CT molecular complexity index is 862. The van der Waals surface area contributed by atoms with E-state index in [-0.39, 0.29) is 11.7 Å². The van der Waals surface area contributed by atoms with Gasteiger partial charge in [0, 0.05) is 13.0 Å². The third kappa shape index (κ3) is 4.23.